The minimum Gasteiger partial charge on any atom is -0.481 e. The number of amides is 1. The fourth-order valence-corrected chi connectivity index (χ4v) is 1.97. The molecule has 0 aromatic rings. The fourth-order valence-electron chi connectivity index (χ4n) is 1.97. The van der Waals surface area contributed by atoms with Crippen LogP contribution in [0.5, 0.6) is 0 Å². The summed E-state index contributed by atoms with van der Waals surface area (Å²) in [5.41, 5.74) is 0. The molecule has 80 valence electrons. The van der Waals surface area contributed by atoms with E-state index in [9.17, 15) is 9.59 Å². The summed E-state index contributed by atoms with van der Waals surface area (Å²) in [5.74, 6) is -0.843. The molecule has 0 atom stereocenters. The number of rotatable bonds is 2. The van der Waals surface area contributed by atoms with E-state index in [0.29, 0.717) is 12.8 Å². The van der Waals surface area contributed by atoms with Crippen molar-refractivity contribution in [3.8, 4) is 0 Å². The third-order valence-electron chi connectivity index (χ3n) is 3.09. The van der Waals surface area contributed by atoms with Crippen molar-refractivity contribution in [3.05, 3.63) is 0 Å². The molecule has 1 fully saturated rings. The predicted octanol–water partition coefficient (Wildman–Crippen LogP) is 1.11. The number of nitrogens with zero attached hydrogens (tertiary/aromatic N) is 1. The van der Waals surface area contributed by atoms with E-state index in [2.05, 4.69) is 0 Å². The molecule has 1 aliphatic carbocycles. The van der Waals surface area contributed by atoms with Crippen LogP contribution in [-0.2, 0) is 9.59 Å². The molecule has 4 nitrogen and oxygen atoms in total. The predicted molar refractivity (Wildman–Crippen MR) is 51.8 cm³/mol. The largest absolute Gasteiger partial charge is 0.481 e. The van der Waals surface area contributed by atoms with Gasteiger partial charge in [-0.1, -0.05) is 0 Å². The molecule has 0 heterocycles. The van der Waals surface area contributed by atoms with E-state index in [4.69, 9.17) is 5.11 Å². The molecule has 0 unspecified atom stereocenters. The Labute approximate surface area is 83.9 Å². The van der Waals surface area contributed by atoms with Crippen molar-refractivity contribution in [3.63, 3.8) is 0 Å². The Bertz CT molecular complexity index is 232. The van der Waals surface area contributed by atoms with E-state index in [1.165, 1.54) is 0 Å². The van der Waals surface area contributed by atoms with Crippen LogP contribution in [0.3, 0.4) is 0 Å². The average molecular weight is 199 g/mol. The highest BCUT2D eigenvalue weighted by Gasteiger charge is 2.28. The zero-order valence-electron chi connectivity index (χ0n) is 8.69. The Morgan fingerprint density at radius 3 is 2.07 bits per heavy atom. The van der Waals surface area contributed by atoms with Gasteiger partial charge in [0.2, 0.25) is 5.91 Å². The Morgan fingerprint density at radius 1 is 1.21 bits per heavy atom. The number of carbonyl (C=O) groups is 2. The van der Waals surface area contributed by atoms with Crippen molar-refractivity contribution in [2.24, 2.45) is 5.92 Å². The summed E-state index contributed by atoms with van der Waals surface area (Å²) < 4.78 is 0. The molecule has 0 radical (unpaired) electrons. The molecule has 0 saturated heterocycles. The minimum absolute atomic E-state index is 0.0591. The monoisotopic (exact) mass is 199 g/mol. The van der Waals surface area contributed by atoms with Gasteiger partial charge >= 0.3 is 5.97 Å². The van der Waals surface area contributed by atoms with Crippen molar-refractivity contribution >= 4 is 11.9 Å². The first-order valence-electron chi connectivity index (χ1n) is 4.98. The molecule has 1 saturated carbocycles. The van der Waals surface area contributed by atoms with Crippen molar-refractivity contribution in [1.82, 2.24) is 4.90 Å². The molecule has 0 aromatic heterocycles. The molecular weight excluding hydrogens is 182 g/mol. The lowest BCUT2D eigenvalue weighted by atomic mass is 9.85. The highest BCUT2D eigenvalue weighted by Crippen LogP contribution is 2.27. The normalized spacial score (nSPS) is 27.0. The summed E-state index contributed by atoms with van der Waals surface area (Å²) in [6, 6.07) is 0.239. The summed E-state index contributed by atoms with van der Waals surface area (Å²) >= 11 is 0. The zero-order chi connectivity index (χ0) is 10.7. The van der Waals surface area contributed by atoms with Gasteiger partial charge in [0.15, 0.2) is 0 Å². The number of carboxylic acid groups (broad SMARTS) is 1. The van der Waals surface area contributed by atoms with E-state index in [1.807, 2.05) is 0 Å². The van der Waals surface area contributed by atoms with Gasteiger partial charge in [0.05, 0.1) is 5.92 Å². The van der Waals surface area contributed by atoms with Gasteiger partial charge in [-0.15, -0.1) is 0 Å². The molecular formula is C10H17NO3. The van der Waals surface area contributed by atoms with E-state index in [0.717, 1.165) is 12.8 Å². The van der Waals surface area contributed by atoms with Crippen molar-refractivity contribution < 1.29 is 14.7 Å². The molecule has 0 aromatic carbocycles. The second-order valence-corrected chi connectivity index (χ2v) is 3.97. The van der Waals surface area contributed by atoms with E-state index in [1.54, 1.807) is 18.9 Å². The number of carboxylic acids is 1. The lowest BCUT2D eigenvalue weighted by Gasteiger charge is -2.32. The van der Waals surface area contributed by atoms with Crippen molar-refractivity contribution in [1.29, 1.82) is 0 Å². The Hall–Kier alpha value is -1.06. The first-order chi connectivity index (χ1) is 6.52. The van der Waals surface area contributed by atoms with Crippen LogP contribution in [0.15, 0.2) is 0 Å². The third-order valence-corrected chi connectivity index (χ3v) is 3.09. The SMILES string of the molecule is CC(=O)N(C)C1CCC(C(=O)O)CC1. The topological polar surface area (TPSA) is 57.6 Å². The van der Waals surface area contributed by atoms with Gasteiger partial charge in [0.25, 0.3) is 0 Å². The average Bonchev–Trinajstić information content (AvgIpc) is 2.16. The number of hydrogen-bond acceptors (Lipinski definition) is 2. The van der Waals surface area contributed by atoms with Gasteiger partial charge in [-0.2, -0.15) is 0 Å². The standard InChI is InChI=1S/C10H17NO3/c1-7(12)11(2)9-5-3-8(4-6-9)10(13)14/h8-9H,3-6H2,1-2H3,(H,13,14). The molecule has 0 bridgehead atoms. The lowest BCUT2D eigenvalue weighted by Crippen LogP contribution is -2.39. The fraction of sp³-hybridized carbons (Fsp3) is 0.800. The molecule has 1 N–H and O–H groups in total. The third kappa shape index (κ3) is 2.47. The Kier molecular flexibility index (Phi) is 3.49. The second-order valence-electron chi connectivity index (χ2n) is 3.97. The summed E-state index contributed by atoms with van der Waals surface area (Å²) in [7, 11) is 1.79. The van der Waals surface area contributed by atoms with Gasteiger partial charge in [-0.05, 0) is 25.7 Å². The summed E-state index contributed by atoms with van der Waals surface area (Å²) in [6.07, 6.45) is 3.01. The summed E-state index contributed by atoms with van der Waals surface area (Å²) in [6.45, 7) is 1.54. The molecule has 14 heavy (non-hydrogen) atoms. The Balaban J connectivity index is 2.43. The maximum Gasteiger partial charge on any atom is 0.306 e. The van der Waals surface area contributed by atoms with Crippen LogP contribution >= 0.6 is 0 Å². The highest BCUT2D eigenvalue weighted by atomic mass is 16.4. The lowest BCUT2D eigenvalue weighted by molar-refractivity contribution is -0.143. The molecule has 1 amide bonds. The molecule has 1 rings (SSSR count). The second kappa shape index (κ2) is 4.44. The molecule has 0 spiro atoms. The first-order valence-corrected chi connectivity index (χ1v) is 4.98. The van der Waals surface area contributed by atoms with Crippen LogP contribution in [0.2, 0.25) is 0 Å². The molecule has 0 aliphatic heterocycles. The molecule has 4 heteroatoms. The Morgan fingerprint density at radius 2 is 1.71 bits per heavy atom. The van der Waals surface area contributed by atoms with Crippen LogP contribution in [0.1, 0.15) is 32.6 Å². The van der Waals surface area contributed by atoms with Crippen LogP contribution in [0.25, 0.3) is 0 Å². The van der Waals surface area contributed by atoms with Crippen LogP contribution in [0, 0.1) is 5.92 Å². The zero-order valence-corrected chi connectivity index (χ0v) is 8.69. The van der Waals surface area contributed by atoms with E-state index < -0.39 is 5.97 Å². The van der Waals surface area contributed by atoms with Gasteiger partial charge in [-0.25, -0.2) is 0 Å². The smallest absolute Gasteiger partial charge is 0.306 e. The quantitative estimate of drug-likeness (QED) is 0.724. The van der Waals surface area contributed by atoms with Crippen molar-refractivity contribution in [2.75, 3.05) is 7.05 Å². The molecule has 1 aliphatic rings. The minimum atomic E-state index is -0.700. The highest BCUT2D eigenvalue weighted by molar-refractivity contribution is 5.73. The van der Waals surface area contributed by atoms with Gasteiger partial charge in [0.1, 0.15) is 0 Å². The maximum atomic E-state index is 11.1. The summed E-state index contributed by atoms with van der Waals surface area (Å²) in [4.78, 5) is 23.5. The number of aliphatic carboxylic acids is 1. The summed E-state index contributed by atoms with van der Waals surface area (Å²) in [5, 5.41) is 8.79. The van der Waals surface area contributed by atoms with Gasteiger partial charge < -0.3 is 10.0 Å². The van der Waals surface area contributed by atoms with E-state index in [-0.39, 0.29) is 17.9 Å². The van der Waals surface area contributed by atoms with Crippen LogP contribution < -0.4 is 0 Å². The number of carbonyl (C=O) groups excluding carboxylic acids is 1. The van der Waals surface area contributed by atoms with Crippen LogP contribution in [-0.4, -0.2) is 35.0 Å². The van der Waals surface area contributed by atoms with E-state index >= 15 is 0 Å². The van der Waals surface area contributed by atoms with Crippen molar-refractivity contribution in [2.45, 2.75) is 38.6 Å². The first kappa shape index (κ1) is 11.0. The van der Waals surface area contributed by atoms with Gasteiger partial charge in [0, 0.05) is 20.0 Å². The number of hydrogen-bond donors (Lipinski definition) is 1. The van der Waals surface area contributed by atoms with Crippen LogP contribution in [0.4, 0.5) is 0 Å². The van der Waals surface area contributed by atoms with Gasteiger partial charge in [-0.3, -0.25) is 9.59 Å². The maximum absolute atomic E-state index is 11.1.